The second kappa shape index (κ2) is 4.55. The lowest BCUT2D eigenvalue weighted by Crippen LogP contribution is -2.42. The minimum atomic E-state index is -0.584. The lowest BCUT2D eigenvalue weighted by atomic mass is 10.2. The molecule has 0 spiro atoms. The van der Waals surface area contributed by atoms with Crippen molar-refractivity contribution in [3.63, 3.8) is 0 Å². The van der Waals surface area contributed by atoms with Crippen molar-refractivity contribution >= 4 is 22.8 Å². The van der Waals surface area contributed by atoms with Crippen LogP contribution in [0.25, 0.3) is 0 Å². The van der Waals surface area contributed by atoms with Crippen molar-refractivity contribution in [3.8, 4) is 6.07 Å². The molecule has 4 heteroatoms. The van der Waals surface area contributed by atoms with Gasteiger partial charge < -0.3 is 4.43 Å². The Labute approximate surface area is 87.9 Å². The predicted octanol–water partition coefficient (Wildman–Crippen LogP) is 0.796. The van der Waals surface area contributed by atoms with Crippen LogP contribution in [0.1, 0.15) is 12.0 Å². The minimum Gasteiger partial charge on any atom is -0.421 e. The molecule has 0 bridgehead atoms. The highest BCUT2D eigenvalue weighted by molar-refractivity contribution is 7.17. The molecule has 0 aromatic heterocycles. The van der Waals surface area contributed by atoms with Crippen molar-refractivity contribution in [1.82, 2.24) is 0 Å². The van der Waals surface area contributed by atoms with Crippen LogP contribution in [0.3, 0.4) is 0 Å². The Morgan fingerprint density at radius 2 is 2.29 bits per heavy atom. The molecule has 0 saturated carbocycles. The van der Waals surface area contributed by atoms with E-state index < -0.39 is 8.31 Å². The number of rotatable bonds is 1. The molecule has 1 aliphatic rings. The van der Waals surface area contributed by atoms with Crippen molar-refractivity contribution < 1.29 is 4.43 Å². The number of benzene rings is 1. The van der Waals surface area contributed by atoms with Crippen molar-refractivity contribution in [2.24, 2.45) is 0 Å². The van der Waals surface area contributed by atoms with E-state index in [2.05, 4.69) is 12.1 Å². The van der Waals surface area contributed by atoms with E-state index in [1.165, 1.54) is 11.2 Å². The van der Waals surface area contributed by atoms with E-state index in [1.54, 1.807) is 0 Å². The van der Waals surface area contributed by atoms with Crippen LogP contribution in [-0.2, 0) is 4.43 Å². The summed E-state index contributed by atoms with van der Waals surface area (Å²) in [5.41, 5.74) is 0.847. The Balaban J connectivity index is 2.26. The Morgan fingerprint density at radius 1 is 1.43 bits per heavy atom. The average molecular weight is 216 g/mol. The monoisotopic (exact) mass is 216 g/mol. The molecule has 1 aromatic rings. The van der Waals surface area contributed by atoms with Gasteiger partial charge in [0.15, 0.2) is 0 Å². The fraction of sp³-hybridized carbons (Fsp3) is 0.300. The molecule has 1 aliphatic heterocycles. The lowest BCUT2D eigenvalue weighted by molar-refractivity contribution is 0.336. The molecular formula is C10H10NOSi2. The molecule has 1 heterocycles. The van der Waals surface area contributed by atoms with E-state index in [4.69, 9.17) is 9.69 Å². The van der Waals surface area contributed by atoms with Crippen molar-refractivity contribution in [2.75, 3.05) is 6.61 Å². The van der Waals surface area contributed by atoms with Crippen molar-refractivity contribution in [3.05, 3.63) is 29.8 Å². The summed E-state index contributed by atoms with van der Waals surface area (Å²) < 4.78 is 5.50. The van der Waals surface area contributed by atoms with Gasteiger partial charge in [0.1, 0.15) is 8.31 Å². The van der Waals surface area contributed by atoms with Gasteiger partial charge in [0.05, 0.1) is 11.6 Å². The summed E-state index contributed by atoms with van der Waals surface area (Å²) in [6.45, 7) is 0.904. The molecule has 0 N–H and O–H groups in total. The standard InChI is InChI=1S/C10H10NOSi2/c11-8-9-4-1-2-5-10(9)14-7-3-6-12-13-14/h1-2,4-5H,3,6-7H2. The van der Waals surface area contributed by atoms with Gasteiger partial charge in [0.2, 0.25) is 9.28 Å². The normalized spacial score (nSPS) is 17.6. The maximum Gasteiger partial charge on any atom is 0.215 e. The van der Waals surface area contributed by atoms with Crippen molar-refractivity contribution in [2.45, 2.75) is 12.5 Å². The minimum absolute atomic E-state index is 0.584. The largest absolute Gasteiger partial charge is 0.421 e. The zero-order valence-electron chi connectivity index (χ0n) is 7.79. The molecule has 1 aromatic carbocycles. The van der Waals surface area contributed by atoms with E-state index in [-0.39, 0.29) is 0 Å². The first-order valence-corrected chi connectivity index (χ1v) is 8.26. The predicted molar refractivity (Wildman–Crippen MR) is 57.7 cm³/mol. The quantitative estimate of drug-likeness (QED) is 0.651. The molecule has 0 amide bonds. The number of hydrogen-bond donors (Lipinski definition) is 0. The number of nitriles is 1. The first-order valence-electron chi connectivity index (χ1n) is 4.65. The molecule has 1 saturated heterocycles. The Bertz CT molecular complexity index is 355. The van der Waals surface area contributed by atoms with E-state index >= 15 is 0 Å². The molecule has 2 rings (SSSR count). The van der Waals surface area contributed by atoms with Crippen LogP contribution < -0.4 is 5.19 Å². The molecule has 3 radical (unpaired) electrons. The van der Waals surface area contributed by atoms with Gasteiger partial charge in [-0.15, -0.1) is 0 Å². The molecule has 0 unspecified atom stereocenters. The molecule has 2 nitrogen and oxygen atoms in total. The van der Waals surface area contributed by atoms with Gasteiger partial charge in [0.25, 0.3) is 0 Å². The summed E-state index contributed by atoms with van der Waals surface area (Å²) in [6, 6.07) is 11.5. The molecule has 1 fully saturated rings. The average Bonchev–Trinajstić information content (AvgIpc) is 2.30. The zero-order valence-corrected chi connectivity index (χ0v) is 9.79. The Kier molecular flexibility index (Phi) is 3.14. The fourth-order valence-electron chi connectivity index (χ4n) is 1.54. The third kappa shape index (κ3) is 1.95. The van der Waals surface area contributed by atoms with Gasteiger partial charge in [-0.05, 0) is 17.7 Å². The molecule has 0 aliphatic carbocycles. The summed E-state index contributed by atoms with van der Waals surface area (Å²) in [7, 11) is 0.0360. The summed E-state index contributed by atoms with van der Waals surface area (Å²) in [6.07, 6.45) is 1.15. The van der Waals surface area contributed by atoms with E-state index in [0.717, 1.165) is 18.6 Å². The van der Waals surface area contributed by atoms with Gasteiger partial charge in [-0.3, -0.25) is 0 Å². The first-order chi connectivity index (χ1) is 6.92. The third-order valence-electron chi connectivity index (χ3n) is 2.24. The maximum atomic E-state index is 8.98. The van der Waals surface area contributed by atoms with E-state index in [1.807, 2.05) is 18.2 Å². The lowest BCUT2D eigenvalue weighted by Gasteiger charge is -2.19. The second-order valence-electron chi connectivity index (χ2n) is 3.19. The smallest absolute Gasteiger partial charge is 0.215 e. The molecule has 69 valence electrons. The highest BCUT2D eigenvalue weighted by Gasteiger charge is 2.22. The van der Waals surface area contributed by atoms with Crippen LogP contribution in [-0.4, -0.2) is 24.2 Å². The van der Waals surface area contributed by atoms with Crippen molar-refractivity contribution in [1.29, 1.82) is 5.26 Å². The summed E-state index contributed by atoms with van der Waals surface area (Å²) in [4.78, 5) is 0. The molecule has 0 atom stereocenters. The topological polar surface area (TPSA) is 33.0 Å². The number of hydrogen-bond acceptors (Lipinski definition) is 2. The summed E-state index contributed by atoms with van der Waals surface area (Å²) >= 11 is 0. The molecule has 14 heavy (non-hydrogen) atoms. The Morgan fingerprint density at radius 3 is 3.00 bits per heavy atom. The van der Waals surface area contributed by atoms with E-state index in [9.17, 15) is 0 Å². The van der Waals surface area contributed by atoms with Crippen LogP contribution in [0.4, 0.5) is 0 Å². The van der Waals surface area contributed by atoms with Crippen LogP contribution in [0, 0.1) is 11.3 Å². The van der Waals surface area contributed by atoms with Gasteiger partial charge in [-0.2, -0.15) is 5.26 Å². The van der Waals surface area contributed by atoms with Gasteiger partial charge in [0, 0.05) is 6.61 Å². The van der Waals surface area contributed by atoms with Gasteiger partial charge in [-0.1, -0.05) is 24.2 Å². The van der Waals surface area contributed by atoms with Crippen LogP contribution in [0.15, 0.2) is 24.3 Å². The highest BCUT2D eigenvalue weighted by atomic mass is 29.2. The highest BCUT2D eigenvalue weighted by Crippen LogP contribution is 2.07. The maximum absolute atomic E-state index is 8.98. The fourth-order valence-corrected chi connectivity index (χ4v) is 6.35. The summed E-state index contributed by atoms with van der Waals surface area (Å²) in [5, 5.41) is 10.2. The van der Waals surface area contributed by atoms with Gasteiger partial charge >= 0.3 is 0 Å². The molecular weight excluding hydrogens is 206 g/mol. The van der Waals surface area contributed by atoms with Gasteiger partial charge in [-0.25, -0.2) is 0 Å². The van der Waals surface area contributed by atoms with Crippen LogP contribution in [0.2, 0.25) is 6.04 Å². The first kappa shape index (κ1) is 9.65. The Hall–Kier alpha value is -0.896. The SMILES string of the molecule is N#Cc1ccccc1[Si]1CCCO[Si]1. The van der Waals surface area contributed by atoms with E-state index in [0.29, 0.717) is 9.28 Å². The second-order valence-corrected chi connectivity index (χ2v) is 8.10. The zero-order chi connectivity index (χ0) is 9.80. The third-order valence-corrected chi connectivity index (χ3v) is 7.51. The number of nitrogens with zero attached hydrogens (tertiary/aromatic N) is 1. The van der Waals surface area contributed by atoms with Crippen LogP contribution >= 0.6 is 0 Å². The summed E-state index contributed by atoms with van der Waals surface area (Å²) in [5.74, 6) is 0. The van der Waals surface area contributed by atoms with Crippen LogP contribution in [0.5, 0.6) is 0 Å².